The lowest BCUT2D eigenvalue weighted by Gasteiger charge is -2.11. The largest absolute Gasteiger partial charge is 0.339 e. The van der Waals surface area contributed by atoms with E-state index in [2.05, 4.69) is 5.32 Å². The molecule has 0 aromatic heterocycles. The average molecular weight is 192 g/mol. The van der Waals surface area contributed by atoms with Gasteiger partial charge in [-0.3, -0.25) is 9.69 Å². The Morgan fingerprint density at radius 2 is 2.00 bits per heavy atom. The first-order valence-corrected chi connectivity index (χ1v) is 4.60. The van der Waals surface area contributed by atoms with Crippen molar-refractivity contribution in [1.82, 2.24) is 10.2 Å². The molecule has 1 amide bonds. The van der Waals surface area contributed by atoms with Gasteiger partial charge in [-0.25, -0.2) is 0 Å². The molecule has 76 valence electrons. The topological polar surface area (TPSA) is 32.3 Å². The molecule has 1 aromatic carbocycles. The quantitative estimate of drug-likeness (QED) is 0.731. The van der Waals surface area contributed by atoms with E-state index in [-0.39, 0.29) is 5.91 Å². The summed E-state index contributed by atoms with van der Waals surface area (Å²) >= 11 is 0. The van der Waals surface area contributed by atoms with Gasteiger partial charge < -0.3 is 5.32 Å². The maximum atomic E-state index is 11.6. The van der Waals surface area contributed by atoms with Gasteiger partial charge in [-0.2, -0.15) is 0 Å². The molecule has 0 aliphatic carbocycles. The number of rotatable bonds is 3. The number of hydrogen-bond donors (Lipinski definition) is 1. The Morgan fingerprint density at radius 3 is 2.57 bits per heavy atom. The maximum Gasteiger partial charge on any atom is 0.252 e. The van der Waals surface area contributed by atoms with Crippen molar-refractivity contribution in [2.24, 2.45) is 0 Å². The van der Waals surface area contributed by atoms with E-state index in [0.717, 1.165) is 11.1 Å². The minimum absolute atomic E-state index is 0.0169. The fourth-order valence-electron chi connectivity index (χ4n) is 1.15. The number of amides is 1. The van der Waals surface area contributed by atoms with Crippen LogP contribution in [0.1, 0.15) is 15.9 Å². The summed E-state index contributed by atoms with van der Waals surface area (Å²) in [5.74, 6) is -0.0169. The predicted molar refractivity (Wildman–Crippen MR) is 57.2 cm³/mol. The Hall–Kier alpha value is -1.35. The molecule has 0 aliphatic rings. The van der Waals surface area contributed by atoms with Crippen LogP contribution in [0.3, 0.4) is 0 Å². The number of aryl methyl sites for hydroxylation is 1. The summed E-state index contributed by atoms with van der Waals surface area (Å²) in [6.45, 7) is 2.50. The van der Waals surface area contributed by atoms with Crippen molar-refractivity contribution in [3.05, 3.63) is 35.4 Å². The Morgan fingerprint density at radius 1 is 1.36 bits per heavy atom. The number of nitrogens with one attached hydrogen (secondary N) is 1. The normalized spacial score (nSPS) is 10.3. The van der Waals surface area contributed by atoms with Crippen molar-refractivity contribution in [3.63, 3.8) is 0 Å². The van der Waals surface area contributed by atoms with Gasteiger partial charge >= 0.3 is 0 Å². The van der Waals surface area contributed by atoms with Crippen LogP contribution in [0, 0.1) is 6.92 Å². The molecule has 0 saturated heterocycles. The van der Waals surface area contributed by atoms with E-state index >= 15 is 0 Å². The second-order valence-electron chi connectivity index (χ2n) is 3.56. The molecule has 1 aromatic rings. The minimum atomic E-state index is -0.0169. The molecule has 3 heteroatoms. The van der Waals surface area contributed by atoms with Crippen molar-refractivity contribution in [1.29, 1.82) is 0 Å². The van der Waals surface area contributed by atoms with Crippen LogP contribution in [-0.4, -0.2) is 31.6 Å². The lowest BCUT2D eigenvalue weighted by molar-refractivity contribution is 0.0935. The summed E-state index contributed by atoms with van der Waals surface area (Å²) < 4.78 is 0. The van der Waals surface area contributed by atoms with Gasteiger partial charge in [0.15, 0.2) is 0 Å². The Kier molecular flexibility index (Phi) is 3.65. The highest BCUT2D eigenvalue weighted by molar-refractivity contribution is 5.95. The minimum Gasteiger partial charge on any atom is -0.339 e. The zero-order valence-corrected chi connectivity index (χ0v) is 8.87. The summed E-state index contributed by atoms with van der Waals surface area (Å²) in [6.07, 6.45) is 0. The zero-order chi connectivity index (χ0) is 10.6. The maximum absolute atomic E-state index is 11.6. The Labute approximate surface area is 84.7 Å². The van der Waals surface area contributed by atoms with E-state index in [1.54, 1.807) is 0 Å². The molecular formula is C11H16N2O. The molecule has 1 N–H and O–H groups in total. The number of hydrogen-bond acceptors (Lipinski definition) is 2. The molecule has 0 radical (unpaired) electrons. The van der Waals surface area contributed by atoms with E-state index in [0.29, 0.717) is 6.67 Å². The van der Waals surface area contributed by atoms with Crippen molar-refractivity contribution < 1.29 is 4.79 Å². The molecule has 3 nitrogen and oxygen atoms in total. The molecule has 0 bridgehead atoms. The Bertz CT molecular complexity index is 321. The van der Waals surface area contributed by atoms with Crippen LogP contribution in [0.25, 0.3) is 0 Å². The highest BCUT2D eigenvalue weighted by Gasteiger charge is 2.06. The fraction of sp³-hybridized carbons (Fsp3) is 0.364. The van der Waals surface area contributed by atoms with E-state index in [4.69, 9.17) is 0 Å². The number of nitrogens with zero attached hydrogens (tertiary/aromatic N) is 1. The number of carbonyl (C=O) groups excluding carboxylic acids is 1. The smallest absolute Gasteiger partial charge is 0.252 e. The van der Waals surface area contributed by atoms with Gasteiger partial charge in [-0.1, -0.05) is 18.2 Å². The van der Waals surface area contributed by atoms with Crippen molar-refractivity contribution in [3.8, 4) is 0 Å². The van der Waals surface area contributed by atoms with Crippen LogP contribution in [0.15, 0.2) is 24.3 Å². The molecule has 1 rings (SSSR count). The van der Waals surface area contributed by atoms with E-state index in [9.17, 15) is 4.79 Å². The molecule has 0 atom stereocenters. The summed E-state index contributed by atoms with van der Waals surface area (Å²) in [5.41, 5.74) is 1.75. The highest BCUT2D eigenvalue weighted by Crippen LogP contribution is 2.05. The third-order valence-corrected chi connectivity index (χ3v) is 1.95. The van der Waals surface area contributed by atoms with Crippen molar-refractivity contribution >= 4 is 5.91 Å². The van der Waals surface area contributed by atoms with Crippen LogP contribution in [0.4, 0.5) is 0 Å². The lowest BCUT2D eigenvalue weighted by Crippen LogP contribution is -2.33. The first-order valence-electron chi connectivity index (χ1n) is 4.60. The fourth-order valence-corrected chi connectivity index (χ4v) is 1.15. The van der Waals surface area contributed by atoms with E-state index in [1.165, 1.54) is 0 Å². The molecule has 0 aliphatic heterocycles. The number of carbonyl (C=O) groups is 1. The third-order valence-electron chi connectivity index (χ3n) is 1.95. The van der Waals surface area contributed by atoms with Gasteiger partial charge in [-0.15, -0.1) is 0 Å². The summed E-state index contributed by atoms with van der Waals surface area (Å²) in [7, 11) is 3.83. The first-order chi connectivity index (χ1) is 6.61. The van der Waals surface area contributed by atoms with Gasteiger partial charge in [0.2, 0.25) is 0 Å². The van der Waals surface area contributed by atoms with Crippen LogP contribution < -0.4 is 5.32 Å². The van der Waals surface area contributed by atoms with Gasteiger partial charge in [0, 0.05) is 5.56 Å². The highest BCUT2D eigenvalue weighted by atomic mass is 16.1. The van der Waals surface area contributed by atoms with Gasteiger partial charge in [-0.05, 0) is 32.6 Å². The van der Waals surface area contributed by atoms with Gasteiger partial charge in [0.1, 0.15) is 0 Å². The molecule has 0 spiro atoms. The van der Waals surface area contributed by atoms with E-state index < -0.39 is 0 Å². The SMILES string of the molecule is Cc1ccccc1C(=O)NCN(C)C. The second kappa shape index (κ2) is 4.77. The Balaban J connectivity index is 2.65. The molecule has 0 fully saturated rings. The van der Waals surface area contributed by atoms with Crippen molar-refractivity contribution in [2.75, 3.05) is 20.8 Å². The van der Waals surface area contributed by atoms with Crippen LogP contribution >= 0.6 is 0 Å². The van der Waals surface area contributed by atoms with Crippen LogP contribution in [0.5, 0.6) is 0 Å². The van der Waals surface area contributed by atoms with E-state index in [1.807, 2.05) is 50.2 Å². The lowest BCUT2D eigenvalue weighted by atomic mass is 10.1. The standard InChI is InChI=1S/C11H16N2O/c1-9-6-4-5-7-10(9)11(14)12-8-13(2)3/h4-7H,8H2,1-3H3,(H,12,14). The summed E-state index contributed by atoms with van der Waals surface area (Å²) in [4.78, 5) is 13.5. The third kappa shape index (κ3) is 2.85. The summed E-state index contributed by atoms with van der Waals surface area (Å²) in [6, 6.07) is 7.57. The van der Waals surface area contributed by atoms with Crippen molar-refractivity contribution in [2.45, 2.75) is 6.92 Å². The molecular weight excluding hydrogens is 176 g/mol. The molecule has 14 heavy (non-hydrogen) atoms. The zero-order valence-electron chi connectivity index (χ0n) is 8.87. The predicted octanol–water partition coefficient (Wildman–Crippen LogP) is 1.24. The number of benzene rings is 1. The monoisotopic (exact) mass is 192 g/mol. The molecule has 0 heterocycles. The van der Waals surface area contributed by atoms with Crippen LogP contribution in [-0.2, 0) is 0 Å². The van der Waals surface area contributed by atoms with Gasteiger partial charge in [0.05, 0.1) is 6.67 Å². The first kappa shape index (κ1) is 10.7. The van der Waals surface area contributed by atoms with Crippen LogP contribution in [0.2, 0.25) is 0 Å². The average Bonchev–Trinajstić information content (AvgIpc) is 2.15. The molecule has 0 unspecified atom stereocenters. The van der Waals surface area contributed by atoms with Gasteiger partial charge in [0.25, 0.3) is 5.91 Å². The molecule has 0 saturated carbocycles. The summed E-state index contributed by atoms with van der Waals surface area (Å²) in [5, 5.41) is 2.83. The second-order valence-corrected chi connectivity index (χ2v) is 3.56.